The molecule has 1 unspecified atom stereocenters. The molecule has 0 amide bonds. The van der Waals surface area contributed by atoms with Crippen molar-refractivity contribution in [3.63, 3.8) is 0 Å². The summed E-state index contributed by atoms with van der Waals surface area (Å²) in [6.45, 7) is 3.55. The van der Waals surface area contributed by atoms with E-state index in [2.05, 4.69) is 27.2 Å². The van der Waals surface area contributed by atoms with E-state index in [1.807, 2.05) is 97.5 Å². The fourth-order valence-electron chi connectivity index (χ4n) is 5.03. The number of thioether (sulfide) groups is 1. The molecule has 44 heavy (non-hydrogen) atoms. The van der Waals surface area contributed by atoms with E-state index in [9.17, 15) is 13.7 Å². The van der Waals surface area contributed by atoms with E-state index in [4.69, 9.17) is 9.47 Å². The molecule has 5 rings (SSSR count). The van der Waals surface area contributed by atoms with Gasteiger partial charge in [0, 0.05) is 30.6 Å². The summed E-state index contributed by atoms with van der Waals surface area (Å²) in [6, 6.07) is 30.9. The van der Waals surface area contributed by atoms with Gasteiger partial charge < -0.3 is 14.4 Å². The standard InChI is InChI=1S/C35H35N3O4S2/c1-26-34(37-44(2,39)40)11-6-12-35(26)38(24-30-8-4-3-7-29(30)22-36)23-27-13-15-31(16-14-27)42-33-10-5-9-32(21-33)41-19-17-28-18-20-43-25-28/h3-16,18,20-21,28,37H,17,19,23-25H2,1-2H3. The molecule has 0 bridgehead atoms. The Bertz CT molecular complexity index is 1770. The number of hydrogen-bond acceptors (Lipinski definition) is 7. The maximum Gasteiger partial charge on any atom is 0.229 e. The van der Waals surface area contributed by atoms with Crippen molar-refractivity contribution >= 4 is 33.2 Å². The summed E-state index contributed by atoms with van der Waals surface area (Å²) in [6.07, 6.45) is 4.38. The van der Waals surface area contributed by atoms with Gasteiger partial charge in [0.05, 0.1) is 30.2 Å². The molecule has 1 atom stereocenters. The Morgan fingerprint density at radius 1 is 0.955 bits per heavy atom. The zero-order valence-corrected chi connectivity index (χ0v) is 26.4. The number of hydrogen-bond donors (Lipinski definition) is 1. The Morgan fingerprint density at radius 3 is 2.48 bits per heavy atom. The Balaban J connectivity index is 1.31. The van der Waals surface area contributed by atoms with Crippen LogP contribution in [0, 0.1) is 24.2 Å². The maximum absolute atomic E-state index is 12.0. The van der Waals surface area contributed by atoms with Crippen LogP contribution in [0.5, 0.6) is 17.2 Å². The number of nitrogens with one attached hydrogen (secondary N) is 1. The van der Waals surface area contributed by atoms with E-state index >= 15 is 0 Å². The lowest BCUT2D eigenvalue weighted by molar-refractivity contribution is 0.296. The largest absolute Gasteiger partial charge is 0.493 e. The van der Waals surface area contributed by atoms with Gasteiger partial charge in [0.15, 0.2) is 0 Å². The number of rotatable bonds is 13. The number of allylic oxidation sites excluding steroid dienone is 1. The summed E-state index contributed by atoms with van der Waals surface area (Å²) in [5.74, 6) is 3.89. The molecule has 4 aromatic rings. The molecule has 0 saturated heterocycles. The summed E-state index contributed by atoms with van der Waals surface area (Å²) in [7, 11) is -3.45. The average Bonchev–Trinajstić information content (AvgIpc) is 3.52. The van der Waals surface area contributed by atoms with E-state index in [0.29, 0.717) is 48.4 Å². The van der Waals surface area contributed by atoms with Gasteiger partial charge in [-0.3, -0.25) is 4.72 Å². The zero-order chi connectivity index (χ0) is 30.9. The van der Waals surface area contributed by atoms with Crippen LogP contribution >= 0.6 is 11.8 Å². The SMILES string of the molecule is Cc1c(NS(C)(=O)=O)cccc1N(Cc1ccc(Oc2cccc(OCCC3C=CSC3)c2)cc1)Cc1ccccc1C#N. The molecular formula is C35H35N3O4S2. The van der Waals surface area contributed by atoms with Crippen LogP contribution in [0.3, 0.4) is 0 Å². The fourth-order valence-corrected chi connectivity index (χ4v) is 6.62. The first-order valence-corrected chi connectivity index (χ1v) is 17.3. The van der Waals surface area contributed by atoms with Gasteiger partial charge in [-0.1, -0.05) is 48.5 Å². The highest BCUT2D eigenvalue weighted by Crippen LogP contribution is 2.32. The highest BCUT2D eigenvalue weighted by Gasteiger charge is 2.17. The van der Waals surface area contributed by atoms with Crippen LogP contribution in [0.25, 0.3) is 0 Å². The molecule has 1 heterocycles. The second-order valence-corrected chi connectivity index (χ2v) is 13.4. The lowest BCUT2D eigenvalue weighted by Gasteiger charge is -2.28. The fraction of sp³-hybridized carbons (Fsp3) is 0.229. The Labute approximate surface area is 264 Å². The molecule has 226 valence electrons. The minimum Gasteiger partial charge on any atom is -0.493 e. The van der Waals surface area contributed by atoms with Gasteiger partial charge in [-0.05, 0) is 83.8 Å². The molecule has 0 fully saturated rings. The third-order valence-electron chi connectivity index (χ3n) is 7.29. The van der Waals surface area contributed by atoms with Crippen molar-refractivity contribution in [1.29, 1.82) is 5.26 Å². The third-order valence-corrected chi connectivity index (χ3v) is 8.85. The number of ether oxygens (including phenoxy) is 2. The molecule has 0 saturated carbocycles. The van der Waals surface area contributed by atoms with Gasteiger partial charge in [0.2, 0.25) is 10.0 Å². The van der Waals surface area contributed by atoms with Gasteiger partial charge in [0.1, 0.15) is 17.2 Å². The van der Waals surface area contributed by atoms with Crippen LogP contribution in [0.2, 0.25) is 0 Å². The van der Waals surface area contributed by atoms with Crippen LogP contribution in [0.4, 0.5) is 11.4 Å². The molecule has 0 aliphatic carbocycles. The van der Waals surface area contributed by atoms with Crippen LogP contribution in [-0.4, -0.2) is 27.0 Å². The second kappa shape index (κ2) is 14.4. The number of benzene rings is 4. The molecule has 0 radical (unpaired) electrons. The third kappa shape index (κ3) is 8.59. The van der Waals surface area contributed by atoms with Crippen molar-refractivity contribution in [2.75, 3.05) is 28.2 Å². The summed E-state index contributed by atoms with van der Waals surface area (Å²) < 4.78 is 38.7. The molecule has 4 aromatic carbocycles. The molecule has 0 spiro atoms. The maximum atomic E-state index is 12.0. The minimum atomic E-state index is -3.45. The Hall–Kier alpha value is -4.39. The predicted octanol–water partition coefficient (Wildman–Crippen LogP) is 7.88. The van der Waals surface area contributed by atoms with Gasteiger partial charge in [-0.25, -0.2) is 8.42 Å². The van der Waals surface area contributed by atoms with E-state index in [1.165, 1.54) is 0 Å². The van der Waals surface area contributed by atoms with E-state index in [-0.39, 0.29) is 0 Å². The molecule has 1 aliphatic heterocycles. The first-order valence-electron chi connectivity index (χ1n) is 14.4. The highest BCUT2D eigenvalue weighted by molar-refractivity contribution is 8.02. The van der Waals surface area contributed by atoms with Crippen LogP contribution in [0.1, 0.15) is 28.7 Å². The minimum absolute atomic E-state index is 0.466. The first-order chi connectivity index (χ1) is 21.3. The number of anilines is 2. The quantitative estimate of drug-likeness (QED) is 0.162. The summed E-state index contributed by atoms with van der Waals surface area (Å²) in [5, 5.41) is 11.9. The number of nitriles is 1. The summed E-state index contributed by atoms with van der Waals surface area (Å²) in [4.78, 5) is 2.15. The van der Waals surface area contributed by atoms with Gasteiger partial charge in [-0.2, -0.15) is 5.26 Å². The van der Waals surface area contributed by atoms with Crippen molar-refractivity contribution in [2.45, 2.75) is 26.4 Å². The van der Waals surface area contributed by atoms with Crippen molar-refractivity contribution in [2.24, 2.45) is 5.92 Å². The molecule has 0 aromatic heterocycles. The van der Waals surface area contributed by atoms with Crippen LogP contribution in [0.15, 0.2) is 102 Å². The summed E-state index contributed by atoms with van der Waals surface area (Å²) in [5.41, 5.74) is 4.71. The van der Waals surface area contributed by atoms with E-state index < -0.39 is 10.0 Å². The molecular weight excluding hydrogens is 591 g/mol. The van der Waals surface area contributed by atoms with E-state index in [1.54, 1.807) is 12.1 Å². The average molecular weight is 626 g/mol. The topological polar surface area (TPSA) is 91.7 Å². The predicted molar refractivity (Wildman–Crippen MR) is 179 cm³/mol. The number of nitrogens with zero attached hydrogens (tertiary/aromatic N) is 2. The van der Waals surface area contributed by atoms with Gasteiger partial charge in [-0.15, -0.1) is 11.8 Å². The zero-order valence-electron chi connectivity index (χ0n) is 24.8. The lowest BCUT2D eigenvalue weighted by atomic mass is 10.1. The monoisotopic (exact) mass is 625 g/mol. The molecule has 9 heteroatoms. The van der Waals surface area contributed by atoms with Crippen molar-refractivity contribution in [3.8, 4) is 23.3 Å². The first kappa shape index (κ1) is 31.0. The molecule has 1 N–H and O–H groups in total. The highest BCUT2D eigenvalue weighted by atomic mass is 32.2. The molecule has 1 aliphatic rings. The molecule has 7 nitrogen and oxygen atoms in total. The van der Waals surface area contributed by atoms with Crippen LogP contribution in [-0.2, 0) is 23.1 Å². The Kier molecular flexibility index (Phi) is 10.2. The van der Waals surface area contributed by atoms with E-state index in [0.717, 1.165) is 46.6 Å². The van der Waals surface area contributed by atoms with Crippen LogP contribution < -0.4 is 19.1 Å². The normalized spacial score (nSPS) is 14.2. The van der Waals surface area contributed by atoms with Gasteiger partial charge >= 0.3 is 0 Å². The van der Waals surface area contributed by atoms with Crippen molar-refractivity contribution in [3.05, 3.63) is 125 Å². The van der Waals surface area contributed by atoms with Crippen molar-refractivity contribution < 1.29 is 17.9 Å². The van der Waals surface area contributed by atoms with Gasteiger partial charge in [0.25, 0.3) is 0 Å². The smallest absolute Gasteiger partial charge is 0.229 e. The summed E-state index contributed by atoms with van der Waals surface area (Å²) >= 11 is 1.85. The Morgan fingerprint density at radius 2 is 1.73 bits per heavy atom. The lowest BCUT2D eigenvalue weighted by Crippen LogP contribution is -2.24. The number of sulfonamides is 1. The van der Waals surface area contributed by atoms with Crippen molar-refractivity contribution in [1.82, 2.24) is 0 Å². The second-order valence-electron chi connectivity index (χ2n) is 10.7.